The van der Waals surface area contributed by atoms with Crippen LogP contribution in [0, 0.1) is 7.27 Å². The Morgan fingerprint density at radius 2 is 2.13 bits per heavy atom. The molecule has 0 aliphatic rings. The van der Waals surface area contributed by atoms with E-state index in [4.69, 9.17) is 0 Å². The Balaban J connectivity index is 3.27. The first-order chi connectivity index (χ1) is 6.97. The van der Waals surface area contributed by atoms with Crippen molar-refractivity contribution in [3.63, 3.8) is 0 Å². The van der Waals surface area contributed by atoms with Crippen molar-refractivity contribution in [3.05, 3.63) is 24.6 Å². The van der Waals surface area contributed by atoms with Gasteiger partial charge in [-0.05, 0) is 51.2 Å². The number of nitrogens with zero attached hydrogens (tertiary/aromatic N) is 1. The number of ether oxygens (including phenoxy) is 1. The fourth-order valence-corrected chi connectivity index (χ4v) is 3.00. The van der Waals surface area contributed by atoms with Crippen molar-refractivity contribution < 1.29 is 18.3 Å². The van der Waals surface area contributed by atoms with E-state index in [1.54, 1.807) is 45.2 Å². The fourth-order valence-electron chi connectivity index (χ4n) is 0.898. The van der Waals surface area contributed by atoms with E-state index < -0.39 is 12.4 Å². The Bertz CT molecular complexity index is 375. The van der Waals surface area contributed by atoms with Gasteiger partial charge in [0.2, 0.25) is 0 Å². The second-order valence-electron chi connectivity index (χ2n) is 2.49. The molecular weight excluding hydrogens is 434 g/mol. The number of halogens is 4. The van der Waals surface area contributed by atoms with Gasteiger partial charge in [0.15, 0.2) is 0 Å². The highest BCUT2D eigenvalue weighted by atomic mass is 127. The van der Waals surface area contributed by atoms with E-state index in [9.17, 15) is 13.6 Å². The van der Waals surface area contributed by atoms with Gasteiger partial charge in [-0.2, -0.15) is 0 Å². The number of esters is 1. The molecule has 1 aromatic heterocycles. The Labute approximate surface area is 112 Å². The summed E-state index contributed by atoms with van der Waals surface area (Å²) < 4.78 is 29.9. The van der Waals surface area contributed by atoms with Gasteiger partial charge in [-0.25, -0.2) is 18.6 Å². The summed E-state index contributed by atoms with van der Waals surface area (Å²) in [5.74, 6) is -0.572. The van der Waals surface area contributed by atoms with Gasteiger partial charge in [0.1, 0.15) is 15.0 Å². The normalized spacial score (nSPS) is 10.5. The molecule has 0 N–H and O–H groups in total. The summed E-state index contributed by atoms with van der Waals surface area (Å²) >= 11 is 3.54. The van der Waals surface area contributed by atoms with Crippen molar-refractivity contribution in [2.24, 2.45) is 0 Å². The van der Waals surface area contributed by atoms with E-state index in [0.717, 1.165) is 0 Å². The smallest absolute Gasteiger partial charge is 0.341 e. The summed E-state index contributed by atoms with van der Waals surface area (Å²) in [6.45, 7) is 0. The van der Waals surface area contributed by atoms with Crippen molar-refractivity contribution in [1.82, 2.24) is 4.98 Å². The van der Waals surface area contributed by atoms with Crippen LogP contribution >= 0.6 is 45.2 Å². The number of methoxy groups -OCH3 is 1. The number of carbonyl (C=O) groups is 1. The SMILES string of the molecule is COC(=O)c1c(I)cc(C(F)F)nc1I. The van der Waals surface area contributed by atoms with Crippen LogP contribution in [0.25, 0.3) is 0 Å². The lowest BCUT2D eigenvalue weighted by atomic mass is 10.2. The number of rotatable bonds is 2. The lowest BCUT2D eigenvalue weighted by molar-refractivity contribution is 0.0597. The first-order valence-electron chi connectivity index (χ1n) is 3.69. The summed E-state index contributed by atoms with van der Waals surface area (Å²) in [4.78, 5) is 14.9. The molecule has 0 unspecified atom stereocenters. The van der Waals surface area contributed by atoms with Crippen LogP contribution in [0.5, 0.6) is 0 Å². The van der Waals surface area contributed by atoms with Crippen molar-refractivity contribution in [1.29, 1.82) is 0 Å². The average molecular weight is 439 g/mol. The second-order valence-corrected chi connectivity index (χ2v) is 4.67. The Morgan fingerprint density at radius 1 is 1.53 bits per heavy atom. The lowest BCUT2D eigenvalue weighted by Gasteiger charge is -2.07. The molecule has 3 nitrogen and oxygen atoms in total. The van der Waals surface area contributed by atoms with Crippen LogP contribution in [0.3, 0.4) is 0 Å². The lowest BCUT2D eigenvalue weighted by Crippen LogP contribution is -2.10. The van der Waals surface area contributed by atoms with Gasteiger partial charge < -0.3 is 4.74 Å². The average Bonchev–Trinajstić information content (AvgIpc) is 2.16. The number of aromatic nitrogens is 1. The minimum absolute atomic E-state index is 0.224. The second kappa shape index (κ2) is 5.32. The number of carbonyl (C=O) groups excluding carboxylic acids is 1. The van der Waals surface area contributed by atoms with Gasteiger partial charge in [0.25, 0.3) is 6.43 Å². The minimum atomic E-state index is -2.64. The molecule has 82 valence electrons. The van der Waals surface area contributed by atoms with Gasteiger partial charge in [-0.15, -0.1) is 0 Å². The number of hydrogen-bond acceptors (Lipinski definition) is 3. The number of alkyl halides is 2. The van der Waals surface area contributed by atoms with Crippen molar-refractivity contribution in [2.45, 2.75) is 6.43 Å². The summed E-state index contributed by atoms with van der Waals surface area (Å²) in [5, 5.41) is 0. The summed E-state index contributed by atoms with van der Waals surface area (Å²) in [6.07, 6.45) is -2.64. The van der Waals surface area contributed by atoms with Crippen LogP contribution in [0.4, 0.5) is 8.78 Å². The molecule has 0 amide bonds. The van der Waals surface area contributed by atoms with E-state index in [-0.39, 0.29) is 15.0 Å². The van der Waals surface area contributed by atoms with E-state index in [0.29, 0.717) is 3.57 Å². The zero-order chi connectivity index (χ0) is 11.6. The van der Waals surface area contributed by atoms with Gasteiger partial charge >= 0.3 is 5.97 Å². The Hall–Kier alpha value is -0.0600. The minimum Gasteiger partial charge on any atom is -0.465 e. The number of hydrogen-bond donors (Lipinski definition) is 0. The molecule has 0 aromatic carbocycles. The maximum absolute atomic E-state index is 12.4. The van der Waals surface area contributed by atoms with Crippen LogP contribution in [0.2, 0.25) is 0 Å². The topological polar surface area (TPSA) is 39.2 Å². The van der Waals surface area contributed by atoms with Crippen molar-refractivity contribution >= 4 is 51.2 Å². The maximum Gasteiger partial charge on any atom is 0.341 e. The van der Waals surface area contributed by atoms with Crippen molar-refractivity contribution in [2.75, 3.05) is 7.11 Å². The number of pyridine rings is 1. The van der Waals surface area contributed by atoms with Crippen LogP contribution < -0.4 is 0 Å². The molecule has 1 rings (SSSR count). The Kier molecular flexibility index (Phi) is 4.62. The third-order valence-electron chi connectivity index (χ3n) is 1.56. The molecule has 0 bridgehead atoms. The summed E-state index contributed by atoms with van der Waals surface area (Å²) in [6, 6.07) is 1.18. The van der Waals surface area contributed by atoms with Crippen LogP contribution in [-0.2, 0) is 4.74 Å². The molecule has 1 heterocycles. The molecule has 0 saturated carbocycles. The van der Waals surface area contributed by atoms with Gasteiger partial charge in [-0.1, -0.05) is 0 Å². The molecular formula is C8H5F2I2NO2. The largest absolute Gasteiger partial charge is 0.465 e. The zero-order valence-corrected chi connectivity index (χ0v) is 11.7. The van der Waals surface area contributed by atoms with E-state index in [1.807, 2.05) is 0 Å². The molecule has 7 heteroatoms. The first kappa shape index (κ1) is 13.0. The van der Waals surface area contributed by atoms with Crippen LogP contribution in [0.1, 0.15) is 22.5 Å². The van der Waals surface area contributed by atoms with Crippen LogP contribution in [-0.4, -0.2) is 18.1 Å². The molecule has 0 aliphatic carbocycles. The van der Waals surface area contributed by atoms with E-state index >= 15 is 0 Å². The third kappa shape index (κ3) is 2.95. The predicted molar refractivity (Wildman–Crippen MR) is 66.0 cm³/mol. The standard InChI is InChI=1S/C8H5F2I2NO2/c1-15-8(14)5-3(11)2-4(6(9)10)13-7(5)12/h2,6H,1H3. The molecule has 0 radical (unpaired) electrons. The molecule has 0 aliphatic heterocycles. The van der Waals surface area contributed by atoms with Gasteiger partial charge in [-0.3, -0.25) is 0 Å². The quantitative estimate of drug-likeness (QED) is 0.405. The maximum atomic E-state index is 12.4. The highest BCUT2D eigenvalue weighted by Crippen LogP contribution is 2.24. The molecule has 0 atom stereocenters. The van der Waals surface area contributed by atoms with Gasteiger partial charge in [0, 0.05) is 3.57 Å². The van der Waals surface area contributed by atoms with Crippen molar-refractivity contribution in [3.8, 4) is 0 Å². The summed E-state index contributed by atoms with van der Waals surface area (Å²) in [5.41, 5.74) is -0.112. The third-order valence-corrected chi connectivity index (χ3v) is 3.19. The fraction of sp³-hybridized carbons (Fsp3) is 0.250. The molecule has 1 aromatic rings. The van der Waals surface area contributed by atoms with E-state index in [1.165, 1.54) is 13.2 Å². The van der Waals surface area contributed by atoms with Crippen LogP contribution in [0.15, 0.2) is 6.07 Å². The molecule has 0 saturated heterocycles. The molecule has 15 heavy (non-hydrogen) atoms. The van der Waals surface area contributed by atoms with Gasteiger partial charge in [0.05, 0.1) is 7.11 Å². The monoisotopic (exact) mass is 439 g/mol. The zero-order valence-electron chi connectivity index (χ0n) is 7.43. The predicted octanol–water partition coefficient (Wildman–Crippen LogP) is 3.02. The highest BCUT2D eigenvalue weighted by Gasteiger charge is 2.20. The first-order valence-corrected chi connectivity index (χ1v) is 5.85. The van der Waals surface area contributed by atoms with E-state index in [2.05, 4.69) is 9.72 Å². The molecule has 0 spiro atoms. The Morgan fingerprint density at radius 3 is 2.53 bits per heavy atom. The summed E-state index contributed by atoms with van der Waals surface area (Å²) in [7, 11) is 1.23. The molecule has 0 fully saturated rings. The highest BCUT2D eigenvalue weighted by molar-refractivity contribution is 14.1.